The standard InChI is InChI=1S/C17H18N2O2/c1-12-4-6-17(21-3)15(8-12)19-11-13-5-7-16(20-2)14(9-13)10-18/h4-9,19H,11H2,1-3H3. The SMILES string of the molecule is COc1ccc(CNc2cc(C)ccc2OC)cc1C#N. The summed E-state index contributed by atoms with van der Waals surface area (Å²) in [7, 11) is 3.21. The van der Waals surface area contributed by atoms with Crippen LogP contribution in [0.2, 0.25) is 0 Å². The number of benzene rings is 2. The highest BCUT2D eigenvalue weighted by Crippen LogP contribution is 2.26. The molecule has 4 nitrogen and oxygen atoms in total. The summed E-state index contributed by atoms with van der Waals surface area (Å²) in [6.07, 6.45) is 0. The fourth-order valence-corrected chi connectivity index (χ4v) is 2.11. The molecule has 0 aromatic heterocycles. The molecule has 0 atom stereocenters. The summed E-state index contributed by atoms with van der Waals surface area (Å²) in [6, 6.07) is 13.7. The van der Waals surface area contributed by atoms with Gasteiger partial charge in [-0.2, -0.15) is 5.26 Å². The maximum atomic E-state index is 9.11. The Hall–Kier alpha value is -2.67. The maximum absolute atomic E-state index is 9.11. The Morgan fingerprint density at radius 2 is 1.76 bits per heavy atom. The summed E-state index contributed by atoms with van der Waals surface area (Å²) >= 11 is 0. The van der Waals surface area contributed by atoms with Crippen molar-refractivity contribution in [3.8, 4) is 17.6 Å². The van der Waals surface area contributed by atoms with Gasteiger partial charge in [-0.1, -0.05) is 12.1 Å². The molecule has 1 N–H and O–H groups in total. The maximum Gasteiger partial charge on any atom is 0.141 e. The minimum atomic E-state index is 0.535. The first-order valence-corrected chi connectivity index (χ1v) is 6.63. The van der Waals surface area contributed by atoms with Crippen molar-refractivity contribution in [3.63, 3.8) is 0 Å². The van der Waals surface area contributed by atoms with E-state index >= 15 is 0 Å². The van der Waals surface area contributed by atoms with E-state index in [0.29, 0.717) is 17.9 Å². The summed E-state index contributed by atoms with van der Waals surface area (Å²) in [5, 5.41) is 12.4. The number of nitriles is 1. The van der Waals surface area contributed by atoms with Gasteiger partial charge in [0.1, 0.15) is 17.6 Å². The number of ether oxygens (including phenoxy) is 2. The molecular formula is C17H18N2O2. The topological polar surface area (TPSA) is 54.3 Å². The van der Waals surface area contributed by atoms with Crippen molar-refractivity contribution < 1.29 is 9.47 Å². The minimum Gasteiger partial charge on any atom is -0.495 e. The van der Waals surface area contributed by atoms with Crippen LogP contribution < -0.4 is 14.8 Å². The Bertz CT molecular complexity index is 675. The van der Waals surface area contributed by atoms with Gasteiger partial charge in [-0.05, 0) is 42.3 Å². The van der Waals surface area contributed by atoms with Crippen molar-refractivity contribution in [2.24, 2.45) is 0 Å². The molecule has 2 aromatic rings. The molecule has 4 heteroatoms. The van der Waals surface area contributed by atoms with Gasteiger partial charge < -0.3 is 14.8 Å². The van der Waals surface area contributed by atoms with Crippen LogP contribution in [-0.4, -0.2) is 14.2 Å². The molecule has 0 radical (unpaired) electrons. The lowest BCUT2D eigenvalue weighted by Gasteiger charge is -2.12. The largest absolute Gasteiger partial charge is 0.495 e. The van der Waals surface area contributed by atoms with Gasteiger partial charge in [-0.3, -0.25) is 0 Å². The van der Waals surface area contributed by atoms with E-state index in [2.05, 4.69) is 11.4 Å². The summed E-state index contributed by atoms with van der Waals surface area (Å²) in [5.74, 6) is 1.39. The average molecular weight is 282 g/mol. The van der Waals surface area contributed by atoms with E-state index in [9.17, 15) is 0 Å². The summed E-state index contributed by atoms with van der Waals surface area (Å²) in [5.41, 5.74) is 3.64. The van der Waals surface area contributed by atoms with Gasteiger partial charge in [0.25, 0.3) is 0 Å². The van der Waals surface area contributed by atoms with E-state index in [0.717, 1.165) is 22.6 Å². The molecule has 0 spiro atoms. The lowest BCUT2D eigenvalue weighted by atomic mass is 10.1. The second kappa shape index (κ2) is 6.67. The summed E-state index contributed by atoms with van der Waals surface area (Å²) < 4.78 is 10.5. The van der Waals surface area contributed by atoms with Crippen molar-refractivity contribution in [2.75, 3.05) is 19.5 Å². The number of nitrogens with zero attached hydrogens (tertiary/aromatic N) is 1. The number of anilines is 1. The molecule has 2 rings (SSSR count). The normalized spacial score (nSPS) is 9.81. The smallest absolute Gasteiger partial charge is 0.141 e. The van der Waals surface area contributed by atoms with E-state index < -0.39 is 0 Å². The third kappa shape index (κ3) is 3.46. The molecule has 0 aliphatic rings. The molecule has 0 fully saturated rings. The molecule has 0 saturated heterocycles. The molecular weight excluding hydrogens is 264 g/mol. The predicted molar refractivity (Wildman–Crippen MR) is 82.8 cm³/mol. The fourth-order valence-electron chi connectivity index (χ4n) is 2.11. The predicted octanol–water partition coefficient (Wildman–Crippen LogP) is 3.50. The van der Waals surface area contributed by atoms with Crippen LogP contribution in [0.1, 0.15) is 16.7 Å². The van der Waals surface area contributed by atoms with Crippen LogP contribution in [0.15, 0.2) is 36.4 Å². The molecule has 0 saturated carbocycles. The Kier molecular flexibility index (Phi) is 4.68. The molecule has 2 aromatic carbocycles. The first-order chi connectivity index (χ1) is 10.2. The molecule has 0 aliphatic carbocycles. The zero-order valence-corrected chi connectivity index (χ0v) is 12.4. The van der Waals surface area contributed by atoms with Gasteiger partial charge in [0.05, 0.1) is 25.5 Å². The van der Waals surface area contributed by atoms with Gasteiger partial charge in [-0.25, -0.2) is 0 Å². The third-order valence-corrected chi connectivity index (χ3v) is 3.22. The van der Waals surface area contributed by atoms with Gasteiger partial charge in [-0.15, -0.1) is 0 Å². The van der Waals surface area contributed by atoms with Crippen LogP contribution in [0, 0.1) is 18.3 Å². The third-order valence-electron chi connectivity index (χ3n) is 3.22. The van der Waals surface area contributed by atoms with Gasteiger partial charge in [0, 0.05) is 6.54 Å². The molecule has 0 bridgehead atoms. The zero-order valence-electron chi connectivity index (χ0n) is 12.4. The van der Waals surface area contributed by atoms with Crippen LogP contribution in [0.4, 0.5) is 5.69 Å². The summed E-state index contributed by atoms with van der Waals surface area (Å²) in [4.78, 5) is 0. The molecule has 0 unspecified atom stereocenters. The van der Waals surface area contributed by atoms with Gasteiger partial charge in [0.15, 0.2) is 0 Å². The fraction of sp³-hybridized carbons (Fsp3) is 0.235. The minimum absolute atomic E-state index is 0.535. The molecule has 0 aliphatic heterocycles. The summed E-state index contributed by atoms with van der Waals surface area (Å²) in [6.45, 7) is 2.64. The second-order valence-corrected chi connectivity index (χ2v) is 4.70. The van der Waals surface area contributed by atoms with E-state index in [1.54, 1.807) is 14.2 Å². The second-order valence-electron chi connectivity index (χ2n) is 4.70. The van der Waals surface area contributed by atoms with Crippen LogP contribution in [-0.2, 0) is 6.54 Å². The first-order valence-electron chi connectivity index (χ1n) is 6.63. The van der Waals surface area contributed by atoms with E-state index in [-0.39, 0.29) is 0 Å². The van der Waals surface area contributed by atoms with Gasteiger partial charge in [0.2, 0.25) is 0 Å². The Labute approximate surface area is 124 Å². The van der Waals surface area contributed by atoms with Crippen molar-refractivity contribution in [1.29, 1.82) is 5.26 Å². The molecule has 108 valence electrons. The number of rotatable bonds is 5. The van der Waals surface area contributed by atoms with Crippen LogP contribution >= 0.6 is 0 Å². The Balaban J connectivity index is 2.17. The quantitative estimate of drug-likeness (QED) is 0.912. The van der Waals surface area contributed by atoms with Crippen molar-refractivity contribution in [1.82, 2.24) is 0 Å². The highest BCUT2D eigenvalue weighted by Gasteiger charge is 2.06. The van der Waals surface area contributed by atoms with E-state index in [1.807, 2.05) is 43.3 Å². The van der Waals surface area contributed by atoms with Crippen LogP contribution in [0.3, 0.4) is 0 Å². The molecule has 21 heavy (non-hydrogen) atoms. The molecule has 0 amide bonds. The Morgan fingerprint density at radius 3 is 2.43 bits per heavy atom. The number of nitrogens with one attached hydrogen (secondary N) is 1. The van der Waals surface area contributed by atoms with Gasteiger partial charge >= 0.3 is 0 Å². The Morgan fingerprint density at radius 1 is 1.05 bits per heavy atom. The number of hydrogen-bond acceptors (Lipinski definition) is 4. The highest BCUT2D eigenvalue weighted by molar-refractivity contribution is 5.58. The lowest BCUT2D eigenvalue weighted by Crippen LogP contribution is -2.02. The number of hydrogen-bond donors (Lipinski definition) is 1. The number of methoxy groups -OCH3 is 2. The lowest BCUT2D eigenvalue weighted by molar-refractivity contribution is 0.413. The monoisotopic (exact) mass is 282 g/mol. The van der Waals surface area contributed by atoms with Crippen LogP contribution in [0.25, 0.3) is 0 Å². The van der Waals surface area contributed by atoms with E-state index in [1.165, 1.54) is 0 Å². The zero-order chi connectivity index (χ0) is 15.2. The molecule has 0 heterocycles. The van der Waals surface area contributed by atoms with Crippen molar-refractivity contribution in [3.05, 3.63) is 53.1 Å². The van der Waals surface area contributed by atoms with Crippen molar-refractivity contribution in [2.45, 2.75) is 13.5 Å². The van der Waals surface area contributed by atoms with Crippen molar-refractivity contribution >= 4 is 5.69 Å². The first kappa shape index (κ1) is 14.7. The average Bonchev–Trinajstić information content (AvgIpc) is 2.52. The van der Waals surface area contributed by atoms with E-state index in [4.69, 9.17) is 14.7 Å². The number of aryl methyl sites for hydroxylation is 1. The van der Waals surface area contributed by atoms with Crippen LogP contribution in [0.5, 0.6) is 11.5 Å². The highest BCUT2D eigenvalue weighted by atomic mass is 16.5.